The fraction of sp³-hybridized carbons (Fsp3) is 0.100. The third kappa shape index (κ3) is 4.45. The Balaban J connectivity index is 1.70. The number of pyridine rings is 1. The number of nitrogens with zero attached hydrogens (tertiary/aromatic N) is 3. The van der Waals surface area contributed by atoms with Crippen LogP contribution in [0.5, 0.6) is 5.75 Å². The summed E-state index contributed by atoms with van der Waals surface area (Å²) in [6, 6.07) is 15.1. The van der Waals surface area contributed by atoms with Crippen molar-refractivity contribution in [1.82, 2.24) is 9.97 Å². The second-order valence-corrected chi connectivity index (χ2v) is 9.49. The third-order valence-electron chi connectivity index (χ3n) is 4.24. The van der Waals surface area contributed by atoms with Crippen LogP contribution in [0, 0.1) is 0 Å². The number of hydrogen-bond donors (Lipinski definition) is 0. The first-order valence-electron chi connectivity index (χ1n) is 8.53. The second kappa shape index (κ2) is 8.79. The van der Waals surface area contributed by atoms with Gasteiger partial charge in [-0.3, -0.25) is 4.31 Å². The number of anilines is 1. The summed E-state index contributed by atoms with van der Waals surface area (Å²) in [5.41, 5.74) is 1.00. The SMILES string of the molecule is COc1ccc(CN(c2nccs2)S(=O)c2ccc3c(Br)nc(Cl)cc3c2)cc1. The average molecular weight is 509 g/mol. The van der Waals surface area contributed by atoms with Gasteiger partial charge in [-0.2, -0.15) is 0 Å². The maximum absolute atomic E-state index is 13.5. The monoisotopic (exact) mass is 507 g/mol. The number of hydrogen-bond acceptors (Lipinski definition) is 5. The average Bonchev–Trinajstić information content (AvgIpc) is 3.26. The number of ether oxygens (including phenoxy) is 1. The Morgan fingerprint density at radius 2 is 2.00 bits per heavy atom. The minimum absolute atomic E-state index is 0.377. The summed E-state index contributed by atoms with van der Waals surface area (Å²) < 4.78 is 21.2. The van der Waals surface area contributed by atoms with Gasteiger partial charge in [-0.25, -0.2) is 14.2 Å². The number of fused-ring (bicyclic) bond motifs is 1. The zero-order chi connectivity index (χ0) is 20.4. The Hall–Kier alpha value is -2.00. The summed E-state index contributed by atoms with van der Waals surface area (Å²) in [4.78, 5) is 9.23. The lowest BCUT2D eigenvalue weighted by atomic mass is 10.2. The van der Waals surface area contributed by atoms with Crippen molar-refractivity contribution in [2.75, 3.05) is 11.4 Å². The Kier molecular flexibility index (Phi) is 6.15. The Morgan fingerprint density at radius 1 is 1.21 bits per heavy atom. The van der Waals surface area contributed by atoms with E-state index in [9.17, 15) is 4.21 Å². The van der Waals surface area contributed by atoms with Gasteiger partial charge in [0.25, 0.3) is 0 Å². The Labute approximate surface area is 188 Å². The predicted octanol–water partition coefficient (Wildman–Crippen LogP) is 5.85. The topological polar surface area (TPSA) is 55.3 Å². The molecule has 5 nitrogen and oxygen atoms in total. The van der Waals surface area contributed by atoms with E-state index in [0.29, 0.717) is 26.3 Å². The predicted molar refractivity (Wildman–Crippen MR) is 122 cm³/mol. The maximum atomic E-state index is 13.5. The molecule has 0 N–H and O–H groups in total. The molecule has 0 aliphatic carbocycles. The van der Waals surface area contributed by atoms with Gasteiger partial charge in [0.1, 0.15) is 15.5 Å². The highest BCUT2D eigenvalue weighted by molar-refractivity contribution is 9.10. The molecule has 0 fully saturated rings. The van der Waals surface area contributed by atoms with Crippen molar-refractivity contribution in [1.29, 1.82) is 0 Å². The van der Waals surface area contributed by atoms with Gasteiger partial charge in [-0.15, -0.1) is 11.3 Å². The van der Waals surface area contributed by atoms with Crippen LogP contribution in [0.4, 0.5) is 5.13 Å². The normalized spacial score (nSPS) is 12.1. The van der Waals surface area contributed by atoms with Crippen LogP contribution in [0.15, 0.2) is 69.6 Å². The smallest absolute Gasteiger partial charge is 0.197 e. The first kappa shape index (κ1) is 20.3. The molecule has 1 atom stereocenters. The molecule has 2 aromatic carbocycles. The Bertz CT molecular complexity index is 1170. The van der Waals surface area contributed by atoms with Gasteiger partial charge in [-0.05, 0) is 57.2 Å². The van der Waals surface area contributed by atoms with Crippen LogP contribution in [0.25, 0.3) is 10.8 Å². The molecular weight excluding hydrogens is 494 g/mol. The number of benzene rings is 2. The molecule has 9 heteroatoms. The molecular formula is C20H15BrClN3O2S2. The van der Waals surface area contributed by atoms with E-state index >= 15 is 0 Å². The van der Waals surface area contributed by atoms with E-state index in [1.54, 1.807) is 23.7 Å². The molecule has 0 aliphatic rings. The number of rotatable bonds is 6. The molecule has 1 unspecified atom stereocenters. The minimum Gasteiger partial charge on any atom is -0.497 e. The van der Waals surface area contributed by atoms with Gasteiger partial charge in [0.05, 0.1) is 18.6 Å². The molecule has 0 amide bonds. The summed E-state index contributed by atoms with van der Waals surface area (Å²) in [6.07, 6.45) is 1.71. The first-order chi connectivity index (χ1) is 14.0. The molecule has 4 rings (SSSR count). The quantitative estimate of drug-likeness (QED) is 0.307. The maximum Gasteiger partial charge on any atom is 0.197 e. The molecule has 0 aliphatic heterocycles. The van der Waals surface area contributed by atoms with Crippen molar-refractivity contribution < 1.29 is 8.95 Å². The molecule has 2 aromatic heterocycles. The van der Waals surface area contributed by atoms with Crippen LogP contribution in [-0.4, -0.2) is 21.3 Å². The molecule has 0 radical (unpaired) electrons. The van der Waals surface area contributed by atoms with Gasteiger partial charge in [0.2, 0.25) is 0 Å². The van der Waals surface area contributed by atoms with E-state index in [-0.39, 0.29) is 0 Å². The van der Waals surface area contributed by atoms with Crippen LogP contribution in [0.2, 0.25) is 5.15 Å². The zero-order valence-corrected chi connectivity index (χ0v) is 19.2. The van der Waals surface area contributed by atoms with Crippen molar-refractivity contribution in [3.63, 3.8) is 0 Å². The van der Waals surface area contributed by atoms with Gasteiger partial charge in [-0.1, -0.05) is 29.8 Å². The molecule has 29 heavy (non-hydrogen) atoms. The zero-order valence-electron chi connectivity index (χ0n) is 15.2. The van der Waals surface area contributed by atoms with Crippen molar-refractivity contribution >= 4 is 65.8 Å². The van der Waals surface area contributed by atoms with Crippen LogP contribution in [0.1, 0.15) is 5.56 Å². The van der Waals surface area contributed by atoms with E-state index in [1.807, 2.05) is 47.8 Å². The summed E-state index contributed by atoms with van der Waals surface area (Å²) >= 11 is 11.0. The molecule has 0 spiro atoms. The van der Waals surface area contributed by atoms with E-state index < -0.39 is 11.0 Å². The molecule has 4 aromatic rings. The van der Waals surface area contributed by atoms with Crippen LogP contribution < -0.4 is 9.04 Å². The second-order valence-electron chi connectivity index (χ2n) is 6.07. The third-order valence-corrected chi connectivity index (χ3v) is 7.31. The number of halogens is 2. The van der Waals surface area contributed by atoms with E-state index in [0.717, 1.165) is 22.1 Å². The largest absolute Gasteiger partial charge is 0.497 e. The van der Waals surface area contributed by atoms with Gasteiger partial charge >= 0.3 is 0 Å². The lowest BCUT2D eigenvalue weighted by molar-refractivity contribution is 0.414. The van der Waals surface area contributed by atoms with Crippen LogP contribution >= 0.6 is 38.9 Å². The highest BCUT2D eigenvalue weighted by Crippen LogP contribution is 2.30. The standard InChI is InChI=1S/C20H15BrClN3O2S2/c1-27-15-4-2-13(3-5-15)12-25(20-23-8-9-28-20)29(26)16-6-7-17-14(10-16)11-18(22)24-19(17)21/h2-11H,12H2,1H3. The first-order valence-corrected chi connectivity index (χ1v) is 11.7. The highest BCUT2D eigenvalue weighted by atomic mass is 79.9. The summed E-state index contributed by atoms with van der Waals surface area (Å²) in [5.74, 6) is 0.779. The van der Waals surface area contributed by atoms with Crippen molar-refractivity contribution in [2.45, 2.75) is 11.4 Å². The van der Waals surface area contributed by atoms with Crippen molar-refractivity contribution in [3.05, 3.63) is 75.4 Å². The molecule has 148 valence electrons. The molecule has 0 saturated carbocycles. The molecule has 0 bridgehead atoms. The van der Waals surface area contributed by atoms with Gasteiger partial charge in [0, 0.05) is 17.0 Å². The number of aromatic nitrogens is 2. The van der Waals surface area contributed by atoms with E-state index in [4.69, 9.17) is 16.3 Å². The lowest BCUT2D eigenvalue weighted by Crippen LogP contribution is -2.25. The number of methoxy groups -OCH3 is 1. The Morgan fingerprint density at radius 3 is 2.69 bits per heavy atom. The fourth-order valence-corrected chi connectivity index (χ4v) is 5.69. The fourth-order valence-electron chi connectivity index (χ4n) is 2.83. The van der Waals surface area contributed by atoms with Gasteiger partial charge < -0.3 is 4.74 Å². The van der Waals surface area contributed by atoms with Gasteiger partial charge in [0.15, 0.2) is 16.1 Å². The van der Waals surface area contributed by atoms with E-state index in [2.05, 4.69) is 25.9 Å². The molecule has 2 heterocycles. The van der Waals surface area contributed by atoms with E-state index in [1.165, 1.54) is 11.3 Å². The number of thiazole rings is 1. The minimum atomic E-state index is -1.46. The lowest BCUT2D eigenvalue weighted by Gasteiger charge is -2.21. The summed E-state index contributed by atoms with van der Waals surface area (Å²) in [7, 11) is 0.174. The van der Waals surface area contributed by atoms with Crippen molar-refractivity contribution in [3.8, 4) is 5.75 Å². The molecule has 0 saturated heterocycles. The van der Waals surface area contributed by atoms with Crippen LogP contribution in [-0.2, 0) is 17.5 Å². The summed E-state index contributed by atoms with van der Waals surface area (Å²) in [6.45, 7) is 0.447. The highest BCUT2D eigenvalue weighted by Gasteiger charge is 2.20. The van der Waals surface area contributed by atoms with Crippen molar-refractivity contribution in [2.24, 2.45) is 0 Å². The summed E-state index contributed by atoms with van der Waals surface area (Å²) in [5, 5.41) is 4.71. The van der Waals surface area contributed by atoms with Crippen LogP contribution in [0.3, 0.4) is 0 Å².